The van der Waals surface area contributed by atoms with Crippen LogP contribution in [0.1, 0.15) is 29.4 Å². The number of rotatable bonds is 1. The van der Waals surface area contributed by atoms with Crippen LogP contribution in [0.5, 0.6) is 0 Å². The molecule has 0 aromatic carbocycles. The Hall–Kier alpha value is -1.35. The summed E-state index contributed by atoms with van der Waals surface area (Å²) in [6.45, 7) is 6.51. The van der Waals surface area contributed by atoms with Crippen LogP contribution >= 0.6 is 0 Å². The highest BCUT2D eigenvalue weighted by Crippen LogP contribution is 2.26. The molecule has 1 saturated heterocycles. The first-order valence-corrected chi connectivity index (χ1v) is 5.92. The Morgan fingerprint density at radius 2 is 2.25 bits per heavy atom. The Labute approximate surface area is 95.5 Å². The Kier molecular flexibility index (Phi) is 2.21. The highest BCUT2D eigenvalue weighted by molar-refractivity contribution is 5.45. The van der Waals surface area contributed by atoms with Gasteiger partial charge in [0, 0.05) is 23.9 Å². The van der Waals surface area contributed by atoms with Crippen molar-refractivity contribution in [3.05, 3.63) is 35.3 Å². The van der Waals surface area contributed by atoms with E-state index >= 15 is 0 Å². The third-order valence-electron chi connectivity index (χ3n) is 3.55. The van der Waals surface area contributed by atoms with Crippen LogP contribution in [0.4, 0.5) is 0 Å². The van der Waals surface area contributed by atoms with Gasteiger partial charge in [0.25, 0.3) is 0 Å². The van der Waals surface area contributed by atoms with Crippen molar-refractivity contribution in [2.45, 2.75) is 26.2 Å². The molecular formula is C13H17N3. The van der Waals surface area contributed by atoms with E-state index in [1.807, 2.05) is 0 Å². The summed E-state index contributed by atoms with van der Waals surface area (Å²) in [4.78, 5) is 4.78. The molecular weight excluding hydrogens is 198 g/mol. The molecule has 16 heavy (non-hydrogen) atoms. The first kappa shape index (κ1) is 9.85. The van der Waals surface area contributed by atoms with E-state index in [-0.39, 0.29) is 0 Å². The number of nitrogens with zero attached hydrogens (tertiary/aromatic N) is 2. The van der Waals surface area contributed by atoms with Crippen LogP contribution in [-0.2, 0) is 0 Å². The fourth-order valence-electron chi connectivity index (χ4n) is 2.72. The lowest BCUT2D eigenvalue weighted by molar-refractivity contribution is 0.733. The number of pyridine rings is 1. The molecule has 3 nitrogen and oxygen atoms in total. The van der Waals surface area contributed by atoms with E-state index in [9.17, 15) is 0 Å². The predicted octanol–water partition coefficient (Wildman–Crippen LogP) is 2.03. The lowest BCUT2D eigenvalue weighted by atomic mass is 10.0. The summed E-state index contributed by atoms with van der Waals surface area (Å²) in [5.41, 5.74) is 4.93. The number of fused-ring (bicyclic) bond motifs is 1. The summed E-state index contributed by atoms with van der Waals surface area (Å²) in [7, 11) is 0. The summed E-state index contributed by atoms with van der Waals surface area (Å²) < 4.78 is 2.26. The van der Waals surface area contributed by atoms with Crippen molar-refractivity contribution in [1.82, 2.24) is 14.7 Å². The smallest absolute Gasteiger partial charge is 0.137 e. The Morgan fingerprint density at radius 3 is 2.94 bits per heavy atom. The van der Waals surface area contributed by atoms with Crippen LogP contribution in [0.3, 0.4) is 0 Å². The highest BCUT2D eigenvalue weighted by atomic mass is 15.0. The average Bonchev–Trinajstić information content (AvgIpc) is 2.86. The van der Waals surface area contributed by atoms with Crippen molar-refractivity contribution in [2.24, 2.45) is 0 Å². The number of hydrogen-bond donors (Lipinski definition) is 1. The third-order valence-corrected chi connectivity index (χ3v) is 3.55. The molecule has 1 atom stereocenters. The summed E-state index contributed by atoms with van der Waals surface area (Å²) in [6, 6.07) is 6.30. The van der Waals surface area contributed by atoms with E-state index in [4.69, 9.17) is 4.98 Å². The monoisotopic (exact) mass is 215 g/mol. The molecule has 3 heterocycles. The third kappa shape index (κ3) is 1.35. The molecule has 2 aromatic rings. The number of nitrogens with one attached hydrogen (secondary N) is 1. The van der Waals surface area contributed by atoms with Gasteiger partial charge in [-0.1, -0.05) is 6.07 Å². The lowest BCUT2D eigenvalue weighted by Gasteiger charge is -2.06. The zero-order chi connectivity index (χ0) is 11.1. The largest absolute Gasteiger partial charge is 0.316 e. The van der Waals surface area contributed by atoms with Crippen molar-refractivity contribution >= 4 is 5.65 Å². The van der Waals surface area contributed by atoms with Gasteiger partial charge in [0.2, 0.25) is 0 Å². The second kappa shape index (κ2) is 3.59. The molecule has 1 unspecified atom stereocenters. The number of aryl methyl sites for hydroxylation is 2. The SMILES string of the molecule is Cc1cccc2nc(C3CCNC3)c(C)n12. The molecule has 0 spiro atoms. The van der Waals surface area contributed by atoms with Crippen LogP contribution in [0.2, 0.25) is 0 Å². The van der Waals surface area contributed by atoms with Crippen molar-refractivity contribution < 1.29 is 0 Å². The molecule has 0 saturated carbocycles. The van der Waals surface area contributed by atoms with Gasteiger partial charge in [0.1, 0.15) is 5.65 Å². The molecule has 1 fully saturated rings. The predicted molar refractivity (Wildman–Crippen MR) is 64.9 cm³/mol. The van der Waals surface area contributed by atoms with Gasteiger partial charge in [0.05, 0.1) is 5.69 Å². The van der Waals surface area contributed by atoms with E-state index < -0.39 is 0 Å². The summed E-state index contributed by atoms with van der Waals surface area (Å²) >= 11 is 0. The van der Waals surface area contributed by atoms with Gasteiger partial charge in [-0.25, -0.2) is 4.98 Å². The van der Waals surface area contributed by atoms with Crippen LogP contribution < -0.4 is 5.32 Å². The maximum Gasteiger partial charge on any atom is 0.137 e. The fraction of sp³-hybridized carbons (Fsp3) is 0.462. The summed E-state index contributed by atoms with van der Waals surface area (Å²) in [6.07, 6.45) is 1.21. The van der Waals surface area contributed by atoms with Gasteiger partial charge in [-0.15, -0.1) is 0 Å². The molecule has 0 amide bonds. The number of imidazole rings is 1. The molecule has 1 aliphatic rings. The average molecular weight is 215 g/mol. The lowest BCUT2D eigenvalue weighted by Crippen LogP contribution is -2.09. The van der Waals surface area contributed by atoms with Gasteiger partial charge in [-0.05, 0) is 38.9 Å². The number of hydrogen-bond acceptors (Lipinski definition) is 2. The molecule has 84 valence electrons. The van der Waals surface area contributed by atoms with Gasteiger partial charge < -0.3 is 9.72 Å². The van der Waals surface area contributed by atoms with Crippen molar-refractivity contribution in [1.29, 1.82) is 0 Å². The van der Waals surface area contributed by atoms with Crippen molar-refractivity contribution in [3.8, 4) is 0 Å². The van der Waals surface area contributed by atoms with Crippen molar-refractivity contribution in [2.75, 3.05) is 13.1 Å². The first-order chi connectivity index (χ1) is 7.77. The molecule has 1 aliphatic heterocycles. The summed E-state index contributed by atoms with van der Waals surface area (Å²) in [5.74, 6) is 0.597. The maximum atomic E-state index is 4.78. The quantitative estimate of drug-likeness (QED) is 0.788. The zero-order valence-electron chi connectivity index (χ0n) is 9.83. The van der Waals surface area contributed by atoms with Gasteiger partial charge >= 0.3 is 0 Å². The Bertz CT molecular complexity index is 521. The second-order valence-corrected chi connectivity index (χ2v) is 4.63. The van der Waals surface area contributed by atoms with Gasteiger partial charge in [-0.3, -0.25) is 0 Å². The molecule has 0 radical (unpaired) electrons. The molecule has 3 rings (SSSR count). The van der Waals surface area contributed by atoms with E-state index in [0.29, 0.717) is 5.92 Å². The molecule has 1 N–H and O–H groups in total. The minimum atomic E-state index is 0.597. The normalized spacial score (nSPS) is 20.8. The minimum absolute atomic E-state index is 0.597. The standard InChI is InChI=1S/C13H17N3/c1-9-4-3-5-12-15-13(10(2)16(9)12)11-6-7-14-8-11/h3-5,11,14H,6-8H2,1-2H3. The van der Waals surface area contributed by atoms with Crippen LogP contribution in [-0.4, -0.2) is 22.5 Å². The first-order valence-electron chi connectivity index (χ1n) is 5.92. The van der Waals surface area contributed by atoms with E-state index in [2.05, 4.69) is 41.8 Å². The van der Waals surface area contributed by atoms with Gasteiger partial charge in [-0.2, -0.15) is 0 Å². The maximum absolute atomic E-state index is 4.78. The van der Waals surface area contributed by atoms with Crippen LogP contribution in [0.15, 0.2) is 18.2 Å². The fourth-order valence-corrected chi connectivity index (χ4v) is 2.72. The van der Waals surface area contributed by atoms with Gasteiger partial charge in [0.15, 0.2) is 0 Å². The van der Waals surface area contributed by atoms with Crippen LogP contribution in [0.25, 0.3) is 5.65 Å². The van der Waals surface area contributed by atoms with Crippen molar-refractivity contribution in [3.63, 3.8) is 0 Å². The topological polar surface area (TPSA) is 29.3 Å². The zero-order valence-corrected chi connectivity index (χ0v) is 9.83. The second-order valence-electron chi connectivity index (χ2n) is 4.63. The number of aromatic nitrogens is 2. The Balaban J connectivity index is 2.19. The highest BCUT2D eigenvalue weighted by Gasteiger charge is 2.22. The molecule has 3 heteroatoms. The summed E-state index contributed by atoms with van der Waals surface area (Å²) in [5, 5.41) is 3.41. The minimum Gasteiger partial charge on any atom is -0.316 e. The van der Waals surface area contributed by atoms with E-state index in [1.54, 1.807) is 0 Å². The van der Waals surface area contributed by atoms with E-state index in [0.717, 1.165) is 18.7 Å². The Morgan fingerprint density at radius 1 is 1.38 bits per heavy atom. The van der Waals surface area contributed by atoms with Crippen LogP contribution in [0, 0.1) is 13.8 Å². The molecule has 2 aromatic heterocycles. The molecule has 0 aliphatic carbocycles. The van der Waals surface area contributed by atoms with E-state index in [1.165, 1.54) is 23.5 Å². The molecule has 0 bridgehead atoms.